The number of halogens is 1. The summed E-state index contributed by atoms with van der Waals surface area (Å²) in [6.45, 7) is 2.16. The molecule has 0 aliphatic rings. The van der Waals surface area contributed by atoms with Gasteiger partial charge in [0.2, 0.25) is 0 Å². The van der Waals surface area contributed by atoms with Crippen LogP contribution in [0.5, 0.6) is 11.5 Å². The highest BCUT2D eigenvalue weighted by Crippen LogP contribution is 2.23. The van der Waals surface area contributed by atoms with Crippen molar-refractivity contribution in [1.29, 1.82) is 0 Å². The van der Waals surface area contributed by atoms with Crippen LogP contribution < -0.4 is 4.74 Å². The van der Waals surface area contributed by atoms with Gasteiger partial charge in [0.25, 0.3) is 0 Å². The highest BCUT2D eigenvalue weighted by Gasteiger charge is 1.99. The smallest absolute Gasteiger partial charge is 0.330 e. The second-order valence-electron chi connectivity index (χ2n) is 4.54. The summed E-state index contributed by atoms with van der Waals surface area (Å²) < 4.78 is 10.6. The van der Waals surface area contributed by atoms with Crippen molar-refractivity contribution in [3.8, 4) is 11.5 Å². The van der Waals surface area contributed by atoms with Crippen molar-refractivity contribution in [2.24, 2.45) is 0 Å². The first kappa shape index (κ1) is 16.3. The third kappa shape index (κ3) is 5.04. The van der Waals surface area contributed by atoms with Gasteiger partial charge in [-0.3, -0.25) is 0 Å². The van der Waals surface area contributed by atoms with Crippen LogP contribution in [0.1, 0.15) is 18.1 Å². The molecule has 22 heavy (non-hydrogen) atoms. The summed E-state index contributed by atoms with van der Waals surface area (Å²) in [6, 6.07) is 15.4. The van der Waals surface area contributed by atoms with Crippen molar-refractivity contribution in [2.45, 2.75) is 12.3 Å². The number of benzene rings is 2. The number of carbonyl (C=O) groups excluding carboxylic acids is 1. The minimum Gasteiger partial charge on any atom is -0.463 e. The van der Waals surface area contributed by atoms with Crippen molar-refractivity contribution >= 4 is 28.0 Å². The Morgan fingerprint density at radius 3 is 2.59 bits per heavy atom. The normalized spacial score (nSPS) is 10.6. The minimum absolute atomic E-state index is 0.339. The maximum absolute atomic E-state index is 11.2. The number of esters is 1. The van der Waals surface area contributed by atoms with Gasteiger partial charge in [-0.15, -0.1) is 0 Å². The van der Waals surface area contributed by atoms with Gasteiger partial charge in [0.15, 0.2) is 0 Å². The first-order chi connectivity index (χ1) is 10.7. The number of hydrogen-bond donors (Lipinski definition) is 0. The van der Waals surface area contributed by atoms with Gasteiger partial charge < -0.3 is 9.47 Å². The molecule has 0 bridgehead atoms. The summed E-state index contributed by atoms with van der Waals surface area (Å²) in [5, 5.41) is 0.793. The van der Waals surface area contributed by atoms with E-state index in [0.29, 0.717) is 6.61 Å². The highest BCUT2D eigenvalue weighted by molar-refractivity contribution is 9.08. The Morgan fingerprint density at radius 1 is 1.14 bits per heavy atom. The van der Waals surface area contributed by atoms with E-state index in [4.69, 9.17) is 9.47 Å². The van der Waals surface area contributed by atoms with Crippen LogP contribution in [0, 0.1) is 0 Å². The molecule has 0 saturated heterocycles. The lowest BCUT2D eigenvalue weighted by molar-refractivity contribution is -0.137. The lowest BCUT2D eigenvalue weighted by Crippen LogP contribution is -1.98. The molecular formula is C18H17BrO3. The number of alkyl halides is 1. The Morgan fingerprint density at radius 2 is 1.91 bits per heavy atom. The van der Waals surface area contributed by atoms with Crippen LogP contribution in [0.3, 0.4) is 0 Å². The molecule has 0 N–H and O–H groups in total. The molecule has 2 aromatic carbocycles. The van der Waals surface area contributed by atoms with Crippen molar-refractivity contribution < 1.29 is 14.3 Å². The number of hydrogen-bond acceptors (Lipinski definition) is 3. The molecular weight excluding hydrogens is 344 g/mol. The molecule has 2 aromatic rings. The molecule has 2 rings (SSSR count). The van der Waals surface area contributed by atoms with E-state index in [1.807, 2.05) is 48.5 Å². The Balaban J connectivity index is 2.01. The second kappa shape index (κ2) is 8.39. The largest absolute Gasteiger partial charge is 0.463 e. The predicted molar refractivity (Wildman–Crippen MR) is 91.3 cm³/mol. The Bertz CT molecular complexity index is 648. The zero-order valence-corrected chi connectivity index (χ0v) is 13.9. The topological polar surface area (TPSA) is 35.5 Å². The van der Waals surface area contributed by atoms with Gasteiger partial charge in [-0.25, -0.2) is 4.79 Å². The molecule has 0 radical (unpaired) electrons. The molecule has 0 aliphatic carbocycles. The van der Waals surface area contributed by atoms with Gasteiger partial charge in [0.05, 0.1) is 6.61 Å². The van der Waals surface area contributed by atoms with Gasteiger partial charge in [-0.2, -0.15) is 0 Å². The molecule has 114 valence electrons. The molecule has 0 atom stereocenters. The maximum atomic E-state index is 11.2. The van der Waals surface area contributed by atoms with Crippen molar-refractivity contribution in [3.05, 3.63) is 65.7 Å². The van der Waals surface area contributed by atoms with Gasteiger partial charge in [-0.05, 0) is 48.4 Å². The minimum atomic E-state index is -0.339. The first-order valence-electron chi connectivity index (χ1n) is 6.99. The van der Waals surface area contributed by atoms with Crippen LogP contribution in [0.4, 0.5) is 0 Å². The molecule has 0 aliphatic heterocycles. The van der Waals surface area contributed by atoms with E-state index in [-0.39, 0.29) is 5.97 Å². The summed E-state index contributed by atoms with van der Waals surface area (Å²) in [4.78, 5) is 11.2. The SMILES string of the molecule is CCOC(=O)C=Cc1ccc(Oc2cccc(CBr)c2)cc1. The summed E-state index contributed by atoms with van der Waals surface area (Å²) in [5.74, 6) is 1.21. The van der Waals surface area contributed by atoms with Crippen LogP contribution in [0.15, 0.2) is 54.6 Å². The average Bonchev–Trinajstić information content (AvgIpc) is 2.55. The maximum Gasteiger partial charge on any atom is 0.330 e. The standard InChI is InChI=1S/C18H17BrO3/c1-2-21-18(20)11-8-14-6-9-16(10-7-14)22-17-5-3-4-15(12-17)13-19/h3-12H,2,13H2,1H3. The molecule has 0 heterocycles. The summed E-state index contributed by atoms with van der Waals surface area (Å²) in [6.07, 6.45) is 3.13. The lowest BCUT2D eigenvalue weighted by atomic mass is 10.2. The van der Waals surface area contributed by atoms with E-state index in [1.54, 1.807) is 13.0 Å². The molecule has 0 aromatic heterocycles. The number of rotatable bonds is 6. The van der Waals surface area contributed by atoms with E-state index in [0.717, 1.165) is 28.0 Å². The lowest BCUT2D eigenvalue weighted by Gasteiger charge is -2.07. The molecule has 0 amide bonds. The predicted octanol–water partition coefficient (Wildman–Crippen LogP) is 4.95. The third-order valence-corrected chi connectivity index (χ3v) is 3.51. The fourth-order valence-corrected chi connectivity index (χ4v) is 2.18. The quantitative estimate of drug-likeness (QED) is 0.415. The zero-order valence-electron chi connectivity index (χ0n) is 12.3. The van der Waals surface area contributed by atoms with Crippen molar-refractivity contribution in [1.82, 2.24) is 0 Å². The number of carbonyl (C=O) groups is 1. The fourth-order valence-electron chi connectivity index (χ4n) is 1.83. The van der Waals surface area contributed by atoms with Crippen LogP contribution in [-0.4, -0.2) is 12.6 Å². The van der Waals surface area contributed by atoms with E-state index in [9.17, 15) is 4.79 Å². The first-order valence-corrected chi connectivity index (χ1v) is 8.11. The van der Waals surface area contributed by atoms with Crippen molar-refractivity contribution in [3.63, 3.8) is 0 Å². The van der Waals surface area contributed by atoms with E-state index in [2.05, 4.69) is 15.9 Å². The summed E-state index contributed by atoms with van der Waals surface area (Å²) in [5.41, 5.74) is 2.07. The Kier molecular flexibility index (Phi) is 6.22. The molecule has 0 saturated carbocycles. The van der Waals surface area contributed by atoms with Crippen LogP contribution >= 0.6 is 15.9 Å². The monoisotopic (exact) mass is 360 g/mol. The molecule has 0 fully saturated rings. The van der Waals surface area contributed by atoms with E-state index >= 15 is 0 Å². The highest BCUT2D eigenvalue weighted by atomic mass is 79.9. The van der Waals surface area contributed by atoms with Crippen LogP contribution in [0.25, 0.3) is 6.08 Å². The molecule has 4 heteroatoms. The average molecular weight is 361 g/mol. The van der Waals surface area contributed by atoms with Crippen LogP contribution in [-0.2, 0) is 14.9 Å². The summed E-state index contributed by atoms with van der Waals surface area (Å²) >= 11 is 3.43. The van der Waals surface area contributed by atoms with Gasteiger partial charge >= 0.3 is 5.97 Å². The fraction of sp³-hybridized carbons (Fsp3) is 0.167. The Labute approximate surface area is 138 Å². The van der Waals surface area contributed by atoms with Crippen LogP contribution in [0.2, 0.25) is 0 Å². The van der Waals surface area contributed by atoms with Gasteiger partial charge in [0.1, 0.15) is 11.5 Å². The second-order valence-corrected chi connectivity index (χ2v) is 5.10. The Hall–Kier alpha value is -2.07. The van der Waals surface area contributed by atoms with Crippen molar-refractivity contribution in [2.75, 3.05) is 6.61 Å². The zero-order chi connectivity index (χ0) is 15.8. The third-order valence-electron chi connectivity index (χ3n) is 2.87. The summed E-state index contributed by atoms with van der Waals surface area (Å²) in [7, 11) is 0. The van der Waals surface area contributed by atoms with Gasteiger partial charge in [0, 0.05) is 11.4 Å². The molecule has 0 spiro atoms. The van der Waals surface area contributed by atoms with E-state index in [1.165, 1.54) is 6.08 Å². The molecule has 3 nitrogen and oxygen atoms in total. The van der Waals surface area contributed by atoms with E-state index < -0.39 is 0 Å². The van der Waals surface area contributed by atoms with Gasteiger partial charge in [-0.1, -0.05) is 40.2 Å². The number of ether oxygens (including phenoxy) is 2. The molecule has 0 unspecified atom stereocenters.